The van der Waals surface area contributed by atoms with Crippen LogP contribution in [-0.4, -0.2) is 42.5 Å². The van der Waals surface area contributed by atoms with Crippen molar-refractivity contribution in [2.75, 3.05) is 19.6 Å². The molecule has 0 aromatic heterocycles. The Hall–Kier alpha value is -1.26. The van der Waals surface area contributed by atoms with E-state index in [0.717, 1.165) is 25.9 Å². The number of hydrogen-bond acceptors (Lipinski definition) is 2. The fourth-order valence-corrected chi connectivity index (χ4v) is 2.00. The molecule has 0 unspecified atom stereocenters. The summed E-state index contributed by atoms with van der Waals surface area (Å²) in [6.45, 7) is 8.11. The zero-order valence-corrected chi connectivity index (χ0v) is 11.7. The molecule has 0 aliphatic carbocycles. The highest BCUT2D eigenvalue weighted by molar-refractivity contribution is 5.78. The standard InChI is InChI=1S/C13H25N3O2/c1-10(2)15-12(17)4-7-14-13(18)16-8-5-11(3)6-9-16/h10-11H,4-9H2,1-3H3,(H,14,18)(H,15,17). The second-order valence-electron chi connectivity index (χ2n) is 5.37. The van der Waals surface area contributed by atoms with E-state index >= 15 is 0 Å². The first-order valence-electron chi connectivity index (χ1n) is 6.81. The highest BCUT2D eigenvalue weighted by Gasteiger charge is 2.19. The van der Waals surface area contributed by atoms with Gasteiger partial charge in [0.2, 0.25) is 5.91 Å². The molecule has 0 bridgehead atoms. The van der Waals surface area contributed by atoms with Gasteiger partial charge in [-0.2, -0.15) is 0 Å². The third kappa shape index (κ3) is 5.38. The lowest BCUT2D eigenvalue weighted by Gasteiger charge is -2.30. The van der Waals surface area contributed by atoms with Gasteiger partial charge in [-0.1, -0.05) is 6.92 Å². The number of carbonyl (C=O) groups is 2. The largest absolute Gasteiger partial charge is 0.354 e. The Morgan fingerprint density at radius 1 is 1.28 bits per heavy atom. The predicted octanol–water partition coefficient (Wildman–Crippen LogP) is 1.34. The van der Waals surface area contributed by atoms with Crippen LogP contribution in [0.1, 0.15) is 40.0 Å². The molecule has 1 fully saturated rings. The van der Waals surface area contributed by atoms with Crippen LogP contribution in [0.5, 0.6) is 0 Å². The third-order valence-electron chi connectivity index (χ3n) is 3.15. The van der Waals surface area contributed by atoms with E-state index in [1.807, 2.05) is 18.7 Å². The van der Waals surface area contributed by atoms with Crippen LogP contribution < -0.4 is 10.6 Å². The molecule has 5 heteroatoms. The number of likely N-dealkylation sites (tertiary alicyclic amines) is 1. The molecule has 104 valence electrons. The minimum Gasteiger partial charge on any atom is -0.354 e. The Balaban J connectivity index is 2.15. The van der Waals surface area contributed by atoms with Crippen molar-refractivity contribution in [3.05, 3.63) is 0 Å². The van der Waals surface area contributed by atoms with Crippen molar-refractivity contribution in [1.82, 2.24) is 15.5 Å². The van der Waals surface area contributed by atoms with Crippen molar-refractivity contribution in [3.63, 3.8) is 0 Å². The minimum atomic E-state index is -0.0424. The van der Waals surface area contributed by atoms with Crippen LogP contribution in [0.4, 0.5) is 4.79 Å². The van der Waals surface area contributed by atoms with Crippen molar-refractivity contribution in [2.45, 2.75) is 46.1 Å². The number of hydrogen-bond donors (Lipinski definition) is 2. The molecule has 0 radical (unpaired) electrons. The van der Waals surface area contributed by atoms with Gasteiger partial charge in [-0.3, -0.25) is 4.79 Å². The highest BCUT2D eigenvalue weighted by atomic mass is 16.2. The van der Waals surface area contributed by atoms with E-state index < -0.39 is 0 Å². The number of carbonyl (C=O) groups excluding carboxylic acids is 2. The molecule has 1 saturated heterocycles. The summed E-state index contributed by atoms with van der Waals surface area (Å²) in [4.78, 5) is 25.0. The maximum absolute atomic E-state index is 11.8. The van der Waals surface area contributed by atoms with E-state index in [2.05, 4.69) is 17.6 Å². The fraction of sp³-hybridized carbons (Fsp3) is 0.846. The third-order valence-corrected chi connectivity index (χ3v) is 3.15. The first-order chi connectivity index (χ1) is 8.49. The topological polar surface area (TPSA) is 61.4 Å². The zero-order chi connectivity index (χ0) is 13.5. The van der Waals surface area contributed by atoms with Gasteiger partial charge in [0, 0.05) is 32.1 Å². The van der Waals surface area contributed by atoms with E-state index in [1.54, 1.807) is 0 Å². The van der Waals surface area contributed by atoms with E-state index in [9.17, 15) is 9.59 Å². The van der Waals surface area contributed by atoms with Crippen LogP contribution in [-0.2, 0) is 4.79 Å². The second-order valence-corrected chi connectivity index (χ2v) is 5.37. The quantitative estimate of drug-likeness (QED) is 0.796. The van der Waals surface area contributed by atoms with Crippen molar-refractivity contribution >= 4 is 11.9 Å². The molecule has 5 nitrogen and oxygen atoms in total. The van der Waals surface area contributed by atoms with Gasteiger partial charge in [0.15, 0.2) is 0 Å². The summed E-state index contributed by atoms with van der Waals surface area (Å²) in [5.41, 5.74) is 0. The van der Waals surface area contributed by atoms with Gasteiger partial charge in [0.1, 0.15) is 0 Å². The average molecular weight is 255 g/mol. The van der Waals surface area contributed by atoms with Crippen molar-refractivity contribution in [1.29, 1.82) is 0 Å². The van der Waals surface area contributed by atoms with E-state index in [0.29, 0.717) is 18.9 Å². The van der Waals surface area contributed by atoms with Gasteiger partial charge in [0.05, 0.1) is 0 Å². The first kappa shape index (κ1) is 14.8. The average Bonchev–Trinajstić information content (AvgIpc) is 2.28. The first-order valence-corrected chi connectivity index (χ1v) is 6.81. The van der Waals surface area contributed by atoms with Crippen LogP contribution in [0.3, 0.4) is 0 Å². The maximum Gasteiger partial charge on any atom is 0.317 e. The van der Waals surface area contributed by atoms with Gasteiger partial charge in [-0.15, -0.1) is 0 Å². The van der Waals surface area contributed by atoms with Gasteiger partial charge >= 0.3 is 6.03 Å². The molecule has 2 N–H and O–H groups in total. The molecule has 18 heavy (non-hydrogen) atoms. The molecular formula is C13H25N3O2. The van der Waals surface area contributed by atoms with Crippen LogP contribution in [0.25, 0.3) is 0 Å². The normalized spacial score (nSPS) is 16.8. The number of urea groups is 1. The Morgan fingerprint density at radius 3 is 2.44 bits per heavy atom. The second kappa shape index (κ2) is 7.24. The molecular weight excluding hydrogens is 230 g/mol. The summed E-state index contributed by atoms with van der Waals surface area (Å²) in [6.07, 6.45) is 2.48. The van der Waals surface area contributed by atoms with E-state index in [4.69, 9.17) is 0 Å². The molecule has 0 aromatic rings. The monoisotopic (exact) mass is 255 g/mol. The number of amides is 3. The summed E-state index contributed by atoms with van der Waals surface area (Å²) in [5, 5.41) is 5.60. The van der Waals surface area contributed by atoms with E-state index in [1.165, 1.54) is 0 Å². The van der Waals surface area contributed by atoms with Gasteiger partial charge < -0.3 is 15.5 Å². The number of piperidine rings is 1. The molecule has 0 spiro atoms. The van der Waals surface area contributed by atoms with Gasteiger partial charge in [-0.05, 0) is 32.6 Å². The van der Waals surface area contributed by atoms with Crippen LogP contribution in [0, 0.1) is 5.92 Å². The van der Waals surface area contributed by atoms with Crippen molar-refractivity contribution in [2.24, 2.45) is 5.92 Å². The molecule has 0 saturated carbocycles. The summed E-state index contributed by atoms with van der Waals surface area (Å²) in [6, 6.07) is 0.107. The minimum absolute atomic E-state index is 0.0161. The van der Waals surface area contributed by atoms with Gasteiger partial charge in [-0.25, -0.2) is 4.79 Å². The lowest BCUT2D eigenvalue weighted by molar-refractivity contribution is -0.121. The molecule has 1 rings (SSSR count). The number of nitrogens with one attached hydrogen (secondary N) is 2. The van der Waals surface area contributed by atoms with Crippen molar-refractivity contribution in [3.8, 4) is 0 Å². The summed E-state index contributed by atoms with van der Waals surface area (Å²) < 4.78 is 0. The molecule has 1 aliphatic rings. The summed E-state index contributed by atoms with van der Waals surface area (Å²) >= 11 is 0. The van der Waals surface area contributed by atoms with Crippen LogP contribution >= 0.6 is 0 Å². The van der Waals surface area contributed by atoms with E-state index in [-0.39, 0.29) is 18.0 Å². The molecule has 0 atom stereocenters. The lowest BCUT2D eigenvalue weighted by atomic mass is 10.00. The fourth-order valence-electron chi connectivity index (χ4n) is 2.00. The molecule has 1 heterocycles. The Kier molecular flexibility index (Phi) is 5.95. The maximum atomic E-state index is 11.8. The SMILES string of the molecule is CC1CCN(C(=O)NCCC(=O)NC(C)C)CC1. The van der Waals surface area contributed by atoms with Crippen LogP contribution in [0.2, 0.25) is 0 Å². The Labute approximate surface area is 109 Å². The molecule has 3 amide bonds. The summed E-state index contributed by atoms with van der Waals surface area (Å²) in [5.74, 6) is 0.698. The Morgan fingerprint density at radius 2 is 1.89 bits per heavy atom. The van der Waals surface area contributed by atoms with Crippen LogP contribution in [0.15, 0.2) is 0 Å². The highest BCUT2D eigenvalue weighted by Crippen LogP contribution is 2.15. The lowest BCUT2D eigenvalue weighted by Crippen LogP contribution is -2.45. The zero-order valence-electron chi connectivity index (χ0n) is 11.7. The predicted molar refractivity (Wildman–Crippen MR) is 71.3 cm³/mol. The molecule has 0 aromatic carbocycles. The Bertz CT molecular complexity index is 284. The van der Waals surface area contributed by atoms with Gasteiger partial charge in [0.25, 0.3) is 0 Å². The number of nitrogens with zero attached hydrogens (tertiary/aromatic N) is 1. The van der Waals surface area contributed by atoms with Crippen molar-refractivity contribution < 1.29 is 9.59 Å². The number of rotatable bonds is 4. The smallest absolute Gasteiger partial charge is 0.317 e. The summed E-state index contributed by atoms with van der Waals surface area (Å²) in [7, 11) is 0. The molecule has 1 aliphatic heterocycles.